The predicted molar refractivity (Wildman–Crippen MR) is 107 cm³/mol. The molecular weight excluding hydrogens is 432 g/mol. The van der Waals surface area contributed by atoms with Gasteiger partial charge >= 0.3 is 0 Å². The number of H-pyrrole nitrogens is 1. The number of para-hydroxylation sites is 1. The van der Waals surface area contributed by atoms with Gasteiger partial charge < -0.3 is 4.98 Å². The van der Waals surface area contributed by atoms with Crippen LogP contribution in [-0.4, -0.2) is 11.5 Å². The van der Waals surface area contributed by atoms with Crippen LogP contribution in [0.15, 0.2) is 44.4 Å². The lowest BCUT2D eigenvalue weighted by atomic mass is 10.0. The molecule has 3 aromatic rings. The minimum atomic E-state index is 0.604. The standard InChI is InChI=1S/C18H18Br2N4/c19-16-12(7-3-1-2-6-10-22-24-21)11-14-13-8-4-5-9-15(13)23-18(14)17(16)20/h4-5,8-9,11,23H,1-3,6-7,10H2. The zero-order valence-electron chi connectivity index (χ0n) is 13.2. The van der Waals surface area contributed by atoms with E-state index < -0.39 is 0 Å². The Morgan fingerprint density at radius 2 is 1.79 bits per heavy atom. The van der Waals surface area contributed by atoms with E-state index in [9.17, 15) is 0 Å². The van der Waals surface area contributed by atoms with Gasteiger partial charge in [0.15, 0.2) is 0 Å². The van der Waals surface area contributed by atoms with Gasteiger partial charge in [-0.25, -0.2) is 0 Å². The molecule has 0 amide bonds. The van der Waals surface area contributed by atoms with Gasteiger partial charge in [0.1, 0.15) is 0 Å². The van der Waals surface area contributed by atoms with Gasteiger partial charge in [0.2, 0.25) is 0 Å². The first-order valence-electron chi connectivity index (χ1n) is 8.10. The number of nitrogens with zero attached hydrogens (tertiary/aromatic N) is 3. The van der Waals surface area contributed by atoms with Gasteiger partial charge in [-0.15, -0.1) is 0 Å². The smallest absolute Gasteiger partial charge is 0.0621 e. The quantitative estimate of drug-likeness (QED) is 0.171. The van der Waals surface area contributed by atoms with Gasteiger partial charge in [-0.2, -0.15) is 0 Å². The highest BCUT2D eigenvalue weighted by Gasteiger charge is 2.13. The first kappa shape index (κ1) is 17.3. The topological polar surface area (TPSA) is 64.6 Å². The lowest BCUT2D eigenvalue weighted by molar-refractivity contribution is 0.645. The Bertz CT molecular complexity index is 910. The maximum Gasteiger partial charge on any atom is 0.0621 e. The molecule has 24 heavy (non-hydrogen) atoms. The van der Waals surface area contributed by atoms with Crippen molar-refractivity contribution < 1.29 is 0 Å². The fourth-order valence-corrected chi connectivity index (χ4v) is 4.13. The molecule has 1 N–H and O–H groups in total. The summed E-state index contributed by atoms with van der Waals surface area (Å²) in [6.45, 7) is 0.604. The van der Waals surface area contributed by atoms with Crippen LogP contribution in [0.4, 0.5) is 0 Å². The molecule has 0 bridgehead atoms. The summed E-state index contributed by atoms with van der Waals surface area (Å²) in [5.74, 6) is 0. The zero-order chi connectivity index (χ0) is 16.9. The monoisotopic (exact) mass is 448 g/mol. The number of azide groups is 1. The Morgan fingerprint density at radius 3 is 2.62 bits per heavy atom. The molecule has 4 nitrogen and oxygen atoms in total. The maximum atomic E-state index is 8.26. The summed E-state index contributed by atoms with van der Waals surface area (Å²) < 4.78 is 2.23. The zero-order valence-corrected chi connectivity index (χ0v) is 16.4. The second-order valence-corrected chi connectivity index (χ2v) is 7.46. The third kappa shape index (κ3) is 3.61. The molecule has 0 saturated carbocycles. The van der Waals surface area contributed by atoms with Crippen LogP contribution in [0.1, 0.15) is 31.2 Å². The van der Waals surface area contributed by atoms with Crippen LogP contribution in [0.3, 0.4) is 0 Å². The van der Waals surface area contributed by atoms with E-state index in [0.717, 1.165) is 52.1 Å². The first-order valence-corrected chi connectivity index (χ1v) is 9.69. The van der Waals surface area contributed by atoms with Crippen molar-refractivity contribution in [2.75, 3.05) is 6.54 Å². The summed E-state index contributed by atoms with van der Waals surface area (Å²) in [7, 11) is 0. The summed E-state index contributed by atoms with van der Waals surface area (Å²) in [6.07, 6.45) is 5.39. The highest BCUT2D eigenvalue weighted by Crippen LogP contribution is 2.38. The van der Waals surface area contributed by atoms with Crippen molar-refractivity contribution in [3.8, 4) is 0 Å². The normalized spacial score (nSPS) is 11.1. The number of hydrogen-bond donors (Lipinski definition) is 1. The molecule has 0 unspecified atom stereocenters. The number of unbranched alkanes of at least 4 members (excludes halogenated alkanes) is 3. The number of rotatable bonds is 7. The molecule has 0 aliphatic heterocycles. The molecule has 0 saturated heterocycles. The fourth-order valence-electron chi connectivity index (χ4n) is 3.05. The average molecular weight is 450 g/mol. The second-order valence-electron chi connectivity index (χ2n) is 5.88. The Labute approximate surface area is 157 Å². The van der Waals surface area contributed by atoms with Crippen LogP contribution >= 0.6 is 31.9 Å². The molecule has 1 aromatic heterocycles. The summed E-state index contributed by atoms with van der Waals surface area (Å²) in [5.41, 5.74) is 11.9. The van der Waals surface area contributed by atoms with Crippen LogP contribution in [0, 0.1) is 0 Å². The van der Waals surface area contributed by atoms with Crippen LogP contribution in [0.25, 0.3) is 32.2 Å². The Morgan fingerprint density at radius 1 is 1.00 bits per heavy atom. The van der Waals surface area contributed by atoms with E-state index in [1.54, 1.807) is 0 Å². The number of aromatic amines is 1. The number of hydrogen-bond acceptors (Lipinski definition) is 1. The van der Waals surface area contributed by atoms with Crippen LogP contribution in [0.5, 0.6) is 0 Å². The van der Waals surface area contributed by atoms with E-state index >= 15 is 0 Å². The molecule has 0 fully saturated rings. The molecule has 0 atom stereocenters. The highest BCUT2D eigenvalue weighted by atomic mass is 79.9. The average Bonchev–Trinajstić information content (AvgIpc) is 2.97. The minimum absolute atomic E-state index is 0.604. The van der Waals surface area contributed by atoms with E-state index in [4.69, 9.17) is 5.53 Å². The SMILES string of the molecule is [N-]=[N+]=NCCCCCCc1cc2c([nH]c3ccccc32)c(Br)c1Br. The number of halogens is 2. The molecule has 1 heterocycles. The molecule has 0 radical (unpaired) electrons. The van der Waals surface area contributed by atoms with Gasteiger partial charge in [0.25, 0.3) is 0 Å². The molecule has 6 heteroatoms. The van der Waals surface area contributed by atoms with Crippen molar-refractivity contribution in [1.82, 2.24) is 4.98 Å². The molecule has 0 spiro atoms. The Balaban J connectivity index is 1.77. The second kappa shape index (κ2) is 8.06. The van der Waals surface area contributed by atoms with E-state index in [1.807, 2.05) is 0 Å². The Kier molecular flexibility index (Phi) is 5.82. The van der Waals surface area contributed by atoms with Gasteiger partial charge in [-0.3, -0.25) is 0 Å². The fraction of sp³-hybridized carbons (Fsp3) is 0.333. The van der Waals surface area contributed by atoms with Gasteiger partial charge in [0, 0.05) is 32.2 Å². The van der Waals surface area contributed by atoms with Crippen LogP contribution in [0.2, 0.25) is 0 Å². The number of aryl methyl sites for hydroxylation is 1. The summed E-state index contributed by atoms with van der Waals surface area (Å²) in [4.78, 5) is 6.28. The van der Waals surface area contributed by atoms with Crippen molar-refractivity contribution in [2.45, 2.75) is 32.1 Å². The third-order valence-corrected chi connectivity index (χ3v) is 6.51. The summed E-state index contributed by atoms with van der Waals surface area (Å²) in [6, 6.07) is 10.7. The van der Waals surface area contributed by atoms with Crippen LogP contribution < -0.4 is 0 Å². The van der Waals surface area contributed by atoms with Gasteiger partial charge in [-0.05, 0) is 74.3 Å². The molecule has 0 aliphatic carbocycles. The van der Waals surface area contributed by atoms with Crippen molar-refractivity contribution >= 4 is 53.7 Å². The maximum absolute atomic E-state index is 8.26. The number of benzene rings is 2. The van der Waals surface area contributed by atoms with E-state index in [-0.39, 0.29) is 0 Å². The van der Waals surface area contributed by atoms with E-state index in [0.29, 0.717) is 6.54 Å². The number of aromatic nitrogens is 1. The molecule has 0 aliphatic rings. The Hall–Kier alpha value is -1.49. The first-order chi connectivity index (χ1) is 11.7. The number of fused-ring (bicyclic) bond motifs is 3. The van der Waals surface area contributed by atoms with Gasteiger partial charge in [-0.1, -0.05) is 36.2 Å². The van der Waals surface area contributed by atoms with E-state index in [1.165, 1.54) is 16.3 Å². The third-order valence-electron chi connectivity index (χ3n) is 4.28. The summed E-state index contributed by atoms with van der Waals surface area (Å²) in [5, 5.41) is 6.10. The van der Waals surface area contributed by atoms with Crippen molar-refractivity contribution in [3.05, 3.63) is 55.3 Å². The molecule has 2 aromatic carbocycles. The van der Waals surface area contributed by atoms with Crippen LogP contribution in [-0.2, 0) is 6.42 Å². The highest BCUT2D eigenvalue weighted by molar-refractivity contribution is 9.13. The molecule has 124 valence electrons. The lowest BCUT2D eigenvalue weighted by Gasteiger charge is -2.08. The minimum Gasteiger partial charge on any atom is -0.354 e. The predicted octanol–water partition coefficient (Wildman–Crippen LogP) is 7.26. The number of nitrogens with one attached hydrogen (secondary N) is 1. The van der Waals surface area contributed by atoms with Crippen molar-refractivity contribution in [3.63, 3.8) is 0 Å². The van der Waals surface area contributed by atoms with E-state index in [2.05, 4.69) is 77.2 Å². The lowest BCUT2D eigenvalue weighted by Crippen LogP contribution is -1.90. The van der Waals surface area contributed by atoms with Crippen molar-refractivity contribution in [1.29, 1.82) is 0 Å². The molecule has 3 rings (SSSR count). The van der Waals surface area contributed by atoms with Gasteiger partial charge in [0.05, 0.1) is 9.99 Å². The molecular formula is C18H18Br2N4. The van der Waals surface area contributed by atoms with Crippen molar-refractivity contribution in [2.24, 2.45) is 5.11 Å². The largest absolute Gasteiger partial charge is 0.354 e. The summed E-state index contributed by atoms with van der Waals surface area (Å²) >= 11 is 7.48.